The van der Waals surface area contributed by atoms with Gasteiger partial charge in [-0.25, -0.2) is 14.4 Å². The Labute approximate surface area is 126 Å². The number of thioether (sulfide) groups is 1. The summed E-state index contributed by atoms with van der Waals surface area (Å²) in [6, 6.07) is 14.4. The summed E-state index contributed by atoms with van der Waals surface area (Å²) in [7, 11) is 0. The Hall–Kier alpha value is -1.98. The van der Waals surface area contributed by atoms with E-state index in [1.165, 1.54) is 23.9 Å². The van der Waals surface area contributed by atoms with Crippen molar-refractivity contribution in [1.82, 2.24) is 9.97 Å². The predicted molar refractivity (Wildman–Crippen MR) is 83.6 cm³/mol. The van der Waals surface area contributed by atoms with E-state index in [0.29, 0.717) is 6.54 Å². The van der Waals surface area contributed by atoms with Gasteiger partial charge in [-0.05, 0) is 23.8 Å². The number of hydrogen-bond acceptors (Lipinski definition) is 4. The van der Waals surface area contributed by atoms with E-state index in [-0.39, 0.29) is 11.1 Å². The van der Waals surface area contributed by atoms with Crippen molar-refractivity contribution >= 4 is 22.7 Å². The zero-order chi connectivity index (χ0) is 14.7. The van der Waals surface area contributed by atoms with Gasteiger partial charge in [0.2, 0.25) is 0 Å². The Morgan fingerprint density at radius 1 is 1.10 bits per heavy atom. The predicted octanol–water partition coefficient (Wildman–Crippen LogP) is 3.56. The molecule has 0 radical (unpaired) electrons. The van der Waals surface area contributed by atoms with Crippen molar-refractivity contribution in [2.75, 3.05) is 6.54 Å². The summed E-state index contributed by atoms with van der Waals surface area (Å²) >= 11 is 1.54. The lowest BCUT2D eigenvalue weighted by molar-refractivity contribution is 0.625. The first-order valence-corrected chi connectivity index (χ1v) is 7.48. The highest BCUT2D eigenvalue weighted by atomic mass is 32.2. The van der Waals surface area contributed by atoms with E-state index < -0.39 is 0 Å². The molecule has 0 amide bonds. The van der Waals surface area contributed by atoms with Gasteiger partial charge in [-0.2, -0.15) is 0 Å². The van der Waals surface area contributed by atoms with Gasteiger partial charge in [0.1, 0.15) is 17.2 Å². The first kappa shape index (κ1) is 14.0. The molecule has 0 saturated carbocycles. The van der Waals surface area contributed by atoms with Crippen LogP contribution < -0.4 is 5.73 Å². The summed E-state index contributed by atoms with van der Waals surface area (Å²) < 4.78 is 13.4. The van der Waals surface area contributed by atoms with Crippen LogP contribution in [-0.2, 0) is 0 Å². The van der Waals surface area contributed by atoms with Crippen LogP contribution in [-0.4, -0.2) is 16.5 Å². The van der Waals surface area contributed by atoms with Crippen LogP contribution in [0.1, 0.15) is 10.8 Å². The average Bonchev–Trinajstić information content (AvgIpc) is 2.52. The van der Waals surface area contributed by atoms with E-state index in [1.807, 2.05) is 30.3 Å². The van der Waals surface area contributed by atoms with Crippen LogP contribution in [0, 0.1) is 5.82 Å². The number of para-hydroxylation sites is 1. The molecular formula is C16H14FN3S. The summed E-state index contributed by atoms with van der Waals surface area (Å²) in [6.45, 7) is 0.409. The van der Waals surface area contributed by atoms with E-state index in [2.05, 4.69) is 9.97 Å². The second kappa shape index (κ2) is 6.20. The first-order chi connectivity index (χ1) is 10.3. The molecule has 3 rings (SSSR count). The molecule has 1 heterocycles. The van der Waals surface area contributed by atoms with Gasteiger partial charge < -0.3 is 5.73 Å². The maximum absolute atomic E-state index is 13.4. The van der Waals surface area contributed by atoms with Gasteiger partial charge in [0.25, 0.3) is 0 Å². The molecule has 0 aliphatic carbocycles. The number of nitrogens with zero attached hydrogens (tertiary/aromatic N) is 2. The lowest BCUT2D eigenvalue weighted by Gasteiger charge is -2.15. The fraction of sp³-hybridized carbons (Fsp3) is 0.125. The summed E-state index contributed by atoms with van der Waals surface area (Å²) in [6.07, 6.45) is 1.55. The van der Waals surface area contributed by atoms with Crippen LogP contribution in [0.5, 0.6) is 0 Å². The standard InChI is InChI=1S/C16H14FN3S/c17-12-5-3-4-11(8-12)15(9-18)21-16-13-6-1-2-7-14(13)19-10-20-16/h1-8,10,15H,9,18H2. The number of nitrogens with two attached hydrogens (primary N) is 1. The maximum Gasteiger partial charge on any atom is 0.123 e. The highest BCUT2D eigenvalue weighted by Crippen LogP contribution is 2.36. The lowest BCUT2D eigenvalue weighted by Crippen LogP contribution is -2.10. The number of rotatable bonds is 4. The van der Waals surface area contributed by atoms with Crippen LogP contribution in [0.3, 0.4) is 0 Å². The fourth-order valence-corrected chi connectivity index (χ4v) is 3.22. The maximum atomic E-state index is 13.4. The summed E-state index contributed by atoms with van der Waals surface area (Å²) in [4.78, 5) is 8.59. The molecule has 3 aromatic rings. The number of fused-ring (bicyclic) bond motifs is 1. The van der Waals surface area contributed by atoms with Crippen LogP contribution in [0.4, 0.5) is 4.39 Å². The molecule has 3 nitrogen and oxygen atoms in total. The van der Waals surface area contributed by atoms with E-state index in [4.69, 9.17) is 5.73 Å². The molecule has 0 bridgehead atoms. The zero-order valence-corrected chi connectivity index (χ0v) is 12.1. The Morgan fingerprint density at radius 2 is 1.95 bits per heavy atom. The molecule has 0 aliphatic rings. The molecule has 0 fully saturated rings. The SMILES string of the molecule is NCC(Sc1ncnc2ccccc12)c1cccc(F)c1. The van der Waals surface area contributed by atoms with E-state index in [1.54, 1.807) is 12.4 Å². The fourth-order valence-electron chi connectivity index (χ4n) is 2.17. The third kappa shape index (κ3) is 3.04. The Kier molecular flexibility index (Phi) is 4.13. The van der Waals surface area contributed by atoms with Gasteiger partial charge in [-0.1, -0.05) is 42.1 Å². The number of benzene rings is 2. The molecule has 21 heavy (non-hydrogen) atoms. The van der Waals surface area contributed by atoms with Crippen molar-refractivity contribution in [3.63, 3.8) is 0 Å². The van der Waals surface area contributed by atoms with Crippen molar-refractivity contribution in [3.8, 4) is 0 Å². The van der Waals surface area contributed by atoms with E-state index in [9.17, 15) is 4.39 Å². The Bertz CT molecular complexity index is 758. The molecule has 106 valence electrons. The van der Waals surface area contributed by atoms with Crippen molar-refractivity contribution in [2.45, 2.75) is 10.3 Å². The highest BCUT2D eigenvalue weighted by molar-refractivity contribution is 7.99. The van der Waals surface area contributed by atoms with Gasteiger partial charge in [0.15, 0.2) is 0 Å². The number of aromatic nitrogens is 2. The molecule has 1 atom stereocenters. The van der Waals surface area contributed by atoms with Gasteiger partial charge in [0.05, 0.1) is 5.52 Å². The Morgan fingerprint density at radius 3 is 2.76 bits per heavy atom. The smallest absolute Gasteiger partial charge is 0.123 e. The van der Waals surface area contributed by atoms with Crippen LogP contribution >= 0.6 is 11.8 Å². The van der Waals surface area contributed by atoms with E-state index in [0.717, 1.165) is 21.5 Å². The Balaban J connectivity index is 1.96. The van der Waals surface area contributed by atoms with Gasteiger partial charge in [-0.3, -0.25) is 0 Å². The summed E-state index contributed by atoms with van der Waals surface area (Å²) in [5.41, 5.74) is 7.62. The average molecular weight is 299 g/mol. The second-order valence-corrected chi connectivity index (χ2v) is 5.78. The minimum atomic E-state index is -0.251. The highest BCUT2D eigenvalue weighted by Gasteiger charge is 2.15. The van der Waals surface area contributed by atoms with Crippen LogP contribution in [0.2, 0.25) is 0 Å². The third-order valence-corrected chi connectivity index (χ3v) is 4.49. The molecule has 0 spiro atoms. The van der Waals surface area contributed by atoms with Gasteiger partial charge >= 0.3 is 0 Å². The minimum absolute atomic E-state index is 0.0426. The molecule has 0 saturated heterocycles. The molecule has 1 aromatic heterocycles. The largest absolute Gasteiger partial charge is 0.329 e. The van der Waals surface area contributed by atoms with Crippen molar-refractivity contribution in [3.05, 3.63) is 66.2 Å². The molecule has 5 heteroatoms. The molecule has 2 aromatic carbocycles. The zero-order valence-electron chi connectivity index (χ0n) is 11.2. The monoisotopic (exact) mass is 299 g/mol. The number of halogens is 1. The quantitative estimate of drug-likeness (QED) is 0.591. The molecule has 2 N–H and O–H groups in total. The minimum Gasteiger partial charge on any atom is -0.329 e. The normalized spacial score (nSPS) is 12.5. The van der Waals surface area contributed by atoms with Crippen LogP contribution in [0.15, 0.2) is 59.9 Å². The lowest BCUT2D eigenvalue weighted by atomic mass is 10.1. The summed E-state index contributed by atoms with van der Waals surface area (Å²) in [5, 5.41) is 1.80. The molecule has 1 unspecified atom stereocenters. The van der Waals surface area contributed by atoms with Gasteiger partial charge in [0, 0.05) is 17.2 Å². The van der Waals surface area contributed by atoms with Gasteiger partial charge in [-0.15, -0.1) is 0 Å². The van der Waals surface area contributed by atoms with Crippen LogP contribution in [0.25, 0.3) is 10.9 Å². The summed E-state index contributed by atoms with van der Waals surface area (Å²) in [5.74, 6) is -0.251. The molecule has 0 aliphatic heterocycles. The topological polar surface area (TPSA) is 51.8 Å². The van der Waals surface area contributed by atoms with Crippen molar-refractivity contribution in [2.24, 2.45) is 5.73 Å². The first-order valence-electron chi connectivity index (χ1n) is 6.60. The second-order valence-electron chi connectivity index (χ2n) is 4.59. The number of hydrogen-bond donors (Lipinski definition) is 1. The third-order valence-electron chi connectivity index (χ3n) is 3.19. The van der Waals surface area contributed by atoms with E-state index >= 15 is 0 Å². The van der Waals surface area contributed by atoms with Crippen molar-refractivity contribution in [1.29, 1.82) is 0 Å². The molecular weight excluding hydrogens is 285 g/mol. The van der Waals surface area contributed by atoms with Crippen molar-refractivity contribution < 1.29 is 4.39 Å².